The van der Waals surface area contributed by atoms with Gasteiger partial charge in [-0.25, -0.2) is 4.79 Å². The lowest BCUT2D eigenvalue weighted by atomic mass is 10.1. The van der Waals surface area contributed by atoms with E-state index in [9.17, 15) is 9.59 Å². The molecule has 0 saturated heterocycles. The van der Waals surface area contributed by atoms with Gasteiger partial charge < -0.3 is 19.6 Å². The first kappa shape index (κ1) is 12.3. The van der Waals surface area contributed by atoms with E-state index in [-0.39, 0.29) is 30.1 Å². The number of nitrogens with one attached hydrogen (secondary N) is 1. The van der Waals surface area contributed by atoms with Crippen LogP contribution in [0.2, 0.25) is 0 Å². The maximum atomic E-state index is 11.9. The van der Waals surface area contributed by atoms with Gasteiger partial charge in [0, 0.05) is 12.3 Å². The average Bonchev–Trinajstić information content (AvgIpc) is 2.73. The molecule has 18 heavy (non-hydrogen) atoms. The van der Waals surface area contributed by atoms with E-state index in [2.05, 4.69) is 4.98 Å². The van der Waals surface area contributed by atoms with Gasteiger partial charge in [-0.15, -0.1) is 12.4 Å². The smallest absolute Gasteiger partial charge is 0.341 e. The van der Waals surface area contributed by atoms with Crippen LogP contribution in [0.4, 0.5) is 0 Å². The number of carboxylic acid groups (broad SMARTS) is 1. The number of ether oxygens (including phenoxy) is 2. The van der Waals surface area contributed by atoms with Crippen LogP contribution in [-0.2, 0) is 0 Å². The first-order valence-electron chi connectivity index (χ1n) is 4.85. The molecule has 2 N–H and O–H groups in total. The van der Waals surface area contributed by atoms with Crippen molar-refractivity contribution in [1.29, 1.82) is 0 Å². The van der Waals surface area contributed by atoms with Gasteiger partial charge in [0.1, 0.15) is 5.56 Å². The number of hydrogen-bond donors (Lipinski definition) is 2. The van der Waals surface area contributed by atoms with Crippen LogP contribution in [0.3, 0.4) is 0 Å². The van der Waals surface area contributed by atoms with Crippen molar-refractivity contribution in [2.75, 3.05) is 6.79 Å². The normalized spacial score (nSPS) is 12.2. The molecule has 0 atom stereocenters. The van der Waals surface area contributed by atoms with Gasteiger partial charge in [-0.05, 0) is 6.07 Å². The highest BCUT2D eigenvalue weighted by molar-refractivity contribution is 5.93. The zero-order valence-electron chi connectivity index (χ0n) is 8.93. The summed E-state index contributed by atoms with van der Waals surface area (Å²) in [5.41, 5.74) is -0.315. The second-order valence-corrected chi connectivity index (χ2v) is 3.59. The Hall–Kier alpha value is -2.21. The van der Waals surface area contributed by atoms with Crippen LogP contribution in [-0.4, -0.2) is 22.9 Å². The van der Waals surface area contributed by atoms with Crippen LogP contribution in [0.25, 0.3) is 10.9 Å². The van der Waals surface area contributed by atoms with Gasteiger partial charge in [-0.3, -0.25) is 4.79 Å². The standard InChI is InChI=1S/C11H7NO5.ClH/c13-10-5-1-8-9(17-4-16-8)2-7(5)12-3-6(10)11(14)15;/h1-3H,4H2,(H,12,13)(H,14,15);1H. The fourth-order valence-electron chi connectivity index (χ4n) is 1.77. The summed E-state index contributed by atoms with van der Waals surface area (Å²) in [5, 5.41) is 9.11. The monoisotopic (exact) mass is 269 g/mol. The van der Waals surface area contributed by atoms with E-state index < -0.39 is 11.4 Å². The molecule has 0 aliphatic carbocycles. The highest BCUT2D eigenvalue weighted by atomic mass is 35.5. The van der Waals surface area contributed by atoms with Gasteiger partial charge in [0.15, 0.2) is 11.5 Å². The zero-order chi connectivity index (χ0) is 12.0. The Bertz CT molecular complexity index is 694. The van der Waals surface area contributed by atoms with Crippen molar-refractivity contribution in [2.45, 2.75) is 0 Å². The first-order chi connectivity index (χ1) is 8.16. The van der Waals surface area contributed by atoms with Crippen LogP contribution in [0, 0.1) is 0 Å². The second kappa shape index (κ2) is 4.23. The van der Waals surface area contributed by atoms with Gasteiger partial charge in [0.25, 0.3) is 0 Å². The maximum Gasteiger partial charge on any atom is 0.341 e. The minimum atomic E-state index is -1.26. The third-order valence-corrected chi connectivity index (χ3v) is 2.60. The molecule has 0 amide bonds. The Morgan fingerprint density at radius 3 is 2.61 bits per heavy atom. The molecule has 0 radical (unpaired) electrons. The van der Waals surface area contributed by atoms with Gasteiger partial charge in [0.05, 0.1) is 10.9 Å². The van der Waals surface area contributed by atoms with Crippen molar-refractivity contribution >= 4 is 29.3 Å². The molecule has 2 heterocycles. The molecule has 0 unspecified atom stereocenters. The quantitative estimate of drug-likeness (QED) is 0.816. The van der Waals surface area contributed by atoms with Gasteiger partial charge in [0.2, 0.25) is 12.2 Å². The molecule has 1 aliphatic rings. The summed E-state index contributed by atoms with van der Waals surface area (Å²) in [6.07, 6.45) is 1.18. The summed E-state index contributed by atoms with van der Waals surface area (Å²) in [4.78, 5) is 25.5. The molecular weight excluding hydrogens is 262 g/mol. The minimum absolute atomic E-state index is 0. The van der Waals surface area contributed by atoms with E-state index in [0.717, 1.165) is 0 Å². The summed E-state index contributed by atoms with van der Waals surface area (Å²) in [6, 6.07) is 3.10. The summed E-state index contributed by atoms with van der Waals surface area (Å²) >= 11 is 0. The SMILES string of the molecule is Cl.O=C(O)c1c[nH]c2cc3c(cc2c1=O)OCO3. The fourth-order valence-corrected chi connectivity index (χ4v) is 1.77. The number of aromatic amines is 1. The highest BCUT2D eigenvalue weighted by Gasteiger charge is 2.18. The van der Waals surface area contributed by atoms with Crippen molar-refractivity contribution in [1.82, 2.24) is 4.98 Å². The molecule has 94 valence electrons. The lowest BCUT2D eigenvalue weighted by Crippen LogP contribution is -2.15. The molecule has 7 heteroatoms. The molecule has 1 aliphatic heterocycles. The molecule has 2 aromatic rings. The summed E-state index contributed by atoms with van der Waals surface area (Å²) in [6.45, 7) is 0.103. The fraction of sp³-hybridized carbons (Fsp3) is 0.0909. The van der Waals surface area contributed by atoms with Crippen LogP contribution >= 0.6 is 12.4 Å². The Morgan fingerprint density at radius 2 is 1.94 bits per heavy atom. The van der Waals surface area contributed by atoms with E-state index in [1.54, 1.807) is 6.07 Å². The maximum absolute atomic E-state index is 11.9. The number of halogens is 1. The van der Waals surface area contributed by atoms with Crippen molar-refractivity contribution in [3.8, 4) is 11.5 Å². The number of benzene rings is 1. The molecule has 3 rings (SSSR count). The number of fused-ring (bicyclic) bond motifs is 2. The Labute approximate surface area is 107 Å². The predicted octanol–water partition coefficient (Wildman–Crippen LogP) is 1.38. The predicted molar refractivity (Wildman–Crippen MR) is 64.9 cm³/mol. The molecule has 0 saturated carbocycles. The van der Waals surface area contributed by atoms with Gasteiger partial charge in [-0.1, -0.05) is 0 Å². The first-order valence-corrected chi connectivity index (χ1v) is 4.85. The number of aromatic carboxylic acids is 1. The van der Waals surface area contributed by atoms with E-state index in [1.165, 1.54) is 12.3 Å². The van der Waals surface area contributed by atoms with Gasteiger partial charge in [-0.2, -0.15) is 0 Å². The largest absolute Gasteiger partial charge is 0.477 e. The van der Waals surface area contributed by atoms with Crippen molar-refractivity contribution in [3.63, 3.8) is 0 Å². The molecule has 0 bridgehead atoms. The van der Waals surface area contributed by atoms with Gasteiger partial charge >= 0.3 is 5.97 Å². The molecular formula is C11H8ClNO5. The summed E-state index contributed by atoms with van der Waals surface area (Å²) < 4.78 is 10.3. The molecule has 1 aromatic heterocycles. The molecule has 1 aromatic carbocycles. The summed E-state index contributed by atoms with van der Waals surface area (Å²) in [5.74, 6) is -0.271. The van der Waals surface area contributed by atoms with Crippen LogP contribution < -0.4 is 14.9 Å². The second-order valence-electron chi connectivity index (χ2n) is 3.59. The highest BCUT2D eigenvalue weighted by Crippen LogP contribution is 2.34. The van der Waals surface area contributed by atoms with Crippen LogP contribution in [0.1, 0.15) is 10.4 Å². The topological polar surface area (TPSA) is 88.6 Å². The molecule has 0 spiro atoms. The minimum Gasteiger partial charge on any atom is -0.477 e. The van der Waals surface area contributed by atoms with Crippen molar-refractivity contribution < 1.29 is 19.4 Å². The van der Waals surface area contributed by atoms with E-state index in [4.69, 9.17) is 14.6 Å². The number of aromatic nitrogens is 1. The number of hydrogen-bond acceptors (Lipinski definition) is 4. The zero-order valence-corrected chi connectivity index (χ0v) is 9.74. The Balaban J connectivity index is 0.00000120. The lowest BCUT2D eigenvalue weighted by Gasteiger charge is -2.01. The number of carbonyl (C=O) groups is 1. The van der Waals surface area contributed by atoms with E-state index in [0.29, 0.717) is 17.0 Å². The number of rotatable bonds is 1. The summed E-state index contributed by atoms with van der Waals surface area (Å²) in [7, 11) is 0. The number of carboxylic acids is 1. The van der Waals surface area contributed by atoms with Crippen molar-refractivity contribution in [2.24, 2.45) is 0 Å². The van der Waals surface area contributed by atoms with Crippen molar-refractivity contribution in [3.05, 3.63) is 34.1 Å². The number of pyridine rings is 1. The average molecular weight is 270 g/mol. The van der Waals surface area contributed by atoms with E-state index in [1.807, 2.05) is 0 Å². The van der Waals surface area contributed by atoms with Crippen LogP contribution in [0.15, 0.2) is 23.1 Å². The Kier molecular flexibility index (Phi) is 2.88. The molecule has 0 fully saturated rings. The van der Waals surface area contributed by atoms with E-state index >= 15 is 0 Å². The molecule has 6 nitrogen and oxygen atoms in total. The van der Waals surface area contributed by atoms with Crippen LogP contribution in [0.5, 0.6) is 11.5 Å². The number of H-pyrrole nitrogens is 1. The third-order valence-electron chi connectivity index (χ3n) is 2.60. The lowest BCUT2D eigenvalue weighted by molar-refractivity contribution is 0.0695. The Morgan fingerprint density at radius 1 is 1.28 bits per heavy atom. The third kappa shape index (κ3) is 1.67.